The van der Waals surface area contributed by atoms with E-state index in [2.05, 4.69) is 4.90 Å². The molecule has 2 heterocycles. The Kier molecular flexibility index (Phi) is 5.00. The molecular formula is C21H21ClN2O4. The highest BCUT2D eigenvalue weighted by Crippen LogP contribution is 2.35. The lowest BCUT2D eigenvalue weighted by atomic mass is 9.97. The van der Waals surface area contributed by atoms with Crippen molar-refractivity contribution < 1.29 is 19.1 Å². The summed E-state index contributed by atoms with van der Waals surface area (Å²) < 4.78 is 10.8. The largest absolute Gasteiger partial charge is 0.493 e. The van der Waals surface area contributed by atoms with Crippen LogP contribution < -0.4 is 14.4 Å². The van der Waals surface area contributed by atoms with E-state index in [1.807, 2.05) is 12.1 Å². The Labute approximate surface area is 168 Å². The number of ether oxygens (including phenoxy) is 2. The number of fused-ring (bicyclic) bond motifs is 1. The fraction of sp³-hybridized carbons (Fsp3) is 0.333. The summed E-state index contributed by atoms with van der Waals surface area (Å²) in [5.41, 5.74) is 2.83. The molecule has 4 rings (SSSR count). The minimum Gasteiger partial charge on any atom is -0.493 e. The summed E-state index contributed by atoms with van der Waals surface area (Å²) in [6.07, 6.45) is 0.971. The molecule has 6 nitrogen and oxygen atoms in total. The van der Waals surface area contributed by atoms with Crippen LogP contribution in [-0.4, -0.2) is 43.5 Å². The molecule has 0 bridgehead atoms. The van der Waals surface area contributed by atoms with E-state index in [0.717, 1.165) is 12.0 Å². The zero-order chi connectivity index (χ0) is 19.8. The molecule has 0 N–H and O–H groups in total. The van der Waals surface area contributed by atoms with Gasteiger partial charge in [-0.15, -0.1) is 0 Å². The molecule has 28 heavy (non-hydrogen) atoms. The number of benzene rings is 2. The number of methoxy groups -OCH3 is 2. The highest BCUT2D eigenvalue weighted by atomic mass is 35.5. The van der Waals surface area contributed by atoms with E-state index in [1.165, 1.54) is 10.5 Å². The van der Waals surface area contributed by atoms with E-state index in [4.69, 9.17) is 21.1 Å². The highest BCUT2D eigenvalue weighted by Gasteiger charge is 2.43. The molecule has 1 unspecified atom stereocenters. The van der Waals surface area contributed by atoms with Crippen LogP contribution in [0, 0.1) is 0 Å². The van der Waals surface area contributed by atoms with Crippen LogP contribution in [0.2, 0.25) is 5.02 Å². The van der Waals surface area contributed by atoms with Crippen molar-refractivity contribution >= 4 is 29.1 Å². The van der Waals surface area contributed by atoms with Crippen LogP contribution >= 0.6 is 11.6 Å². The van der Waals surface area contributed by atoms with Gasteiger partial charge in [0.1, 0.15) is 0 Å². The summed E-state index contributed by atoms with van der Waals surface area (Å²) in [7, 11) is 3.22. The van der Waals surface area contributed by atoms with E-state index >= 15 is 0 Å². The summed E-state index contributed by atoms with van der Waals surface area (Å²) in [5, 5.41) is 0.566. The maximum Gasteiger partial charge on any atom is 0.251 e. The minimum absolute atomic E-state index is 0.184. The lowest BCUT2D eigenvalue weighted by molar-refractivity contribution is -0.123. The molecule has 0 radical (unpaired) electrons. The van der Waals surface area contributed by atoms with Crippen molar-refractivity contribution in [2.24, 2.45) is 0 Å². The van der Waals surface area contributed by atoms with Gasteiger partial charge in [0.2, 0.25) is 5.91 Å². The van der Waals surface area contributed by atoms with Gasteiger partial charge in [0, 0.05) is 18.1 Å². The van der Waals surface area contributed by atoms with E-state index in [9.17, 15) is 9.59 Å². The third kappa shape index (κ3) is 3.23. The smallest absolute Gasteiger partial charge is 0.251 e. The van der Waals surface area contributed by atoms with Crippen LogP contribution in [0.4, 0.5) is 5.69 Å². The van der Waals surface area contributed by atoms with Crippen LogP contribution in [0.3, 0.4) is 0 Å². The second-order valence-corrected chi connectivity index (χ2v) is 7.40. The Morgan fingerprint density at radius 2 is 1.64 bits per heavy atom. The van der Waals surface area contributed by atoms with Gasteiger partial charge < -0.3 is 9.47 Å². The molecule has 1 saturated heterocycles. The average Bonchev–Trinajstić information content (AvgIpc) is 3.01. The zero-order valence-electron chi connectivity index (χ0n) is 15.8. The first kappa shape index (κ1) is 18.8. The van der Waals surface area contributed by atoms with Crippen LogP contribution in [0.1, 0.15) is 17.5 Å². The quantitative estimate of drug-likeness (QED) is 0.738. The third-order valence-corrected chi connectivity index (χ3v) is 5.65. The summed E-state index contributed by atoms with van der Waals surface area (Å²) >= 11 is 5.92. The zero-order valence-corrected chi connectivity index (χ0v) is 16.5. The Balaban J connectivity index is 1.57. The van der Waals surface area contributed by atoms with Crippen molar-refractivity contribution in [3.8, 4) is 11.5 Å². The summed E-state index contributed by atoms with van der Waals surface area (Å²) in [6, 6.07) is 10.3. The van der Waals surface area contributed by atoms with Crippen molar-refractivity contribution in [2.75, 3.05) is 25.7 Å². The van der Waals surface area contributed by atoms with E-state index in [1.54, 1.807) is 38.5 Å². The number of hydrogen-bond donors (Lipinski definition) is 0. The van der Waals surface area contributed by atoms with Gasteiger partial charge in [-0.3, -0.25) is 14.5 Å². The van der Waals surface area contributed by atoms with E-state index in [-0.39, 0.29) is 18.2 Å². The average molecular weight is 401 g/mol. The van der Waals surface area contributed by atoms with Gasteiger partial charge >= 0.3 is 0 Å². The Morgan fingerprint density at radius 3 is 2.29 bits per heavy atom. The standard InChI is InChI=1S/C21H21ClN2O4/c1-27-18-9-13-7-8-23(12-14(13)10-19(18)28-2)17-11-20(25)24(21(17)26)16-5-3-15(22)4-6-16/h3-6,9-10,17H,7-8,11-12H2,1-2H3. The van der Waals surface area contributed by atoms with Crippen molar-refractivity contribution in [2.45, 2.75) is 25.4 Å². The van der Waals surface area contributed by atoms with Gasteiger partial charge in [-0.1, -0.05) is 11.6 Å². The topological polar surface area (TPSA) is 59.1 Å². The summed E-state index contributed by atoms with van der Waals surface area (Å²) in [5.74, 6) is 1.00. The van der Waals surface area contributed by atoms with E-state index in [0.29, 0.717) is 35.3 Å². The molecule has 1 atom stereocenters. The SMILES string of the molecule is COc1cc2c(cc1OC)CN(C1CC(=O)N(c3ccc(Cl)cc3)C1=O)CC2. The highest BCUT2D eigenvalue weighted by molar-refractivity contribution is 6.30. The van der Waals surface area contributed by atoms with Crippen molar-refractivity contribution in [3.05, 3.63) is 52.5 Å². The third-order valence-electron chi connectivity index (χ3n) is 5.40. The molecule has 0 aromatic heterocycles. The Bertz CT molecular complexity index is 929. The number of rotatable bonds is 4. The fourth-order valence-electron chi connectivity index (χ4n) is 3.93. The number of imide groups is 1. The number of halogens is 1. The van der Waals surface area contributed by atoms with Gasteiger partial charge in [0.25, 0.3) is 5.91 Å². The summed E-state index contributed by atoms with van der Waals surface area (Å²) in [6.45, 7) is 1.30. The second kappa shape index (κ2) is 7.45. The maximum absolute atomic E-state index is 13.0. The van der Waals surface area contributed by atoms with Crippen molar-refractivity contribution in [1.82, 2.24) is 4.90 Å². The summed E-state index contributed by atoms with van der Waals surface area (Å²) in [4.78, 5) is 28.9. The van der Waals surface area contributed by atoms with Crippen LogP contribution in [0.15, 0.2) is 36.4 Å². The first-order valence-corrected chi connectivity index (χ1v) is 9.50. The number of anilines is 1. The van der Waals surface area contributed by atoms with Crippen LogP contribution in [0.5, 0.6) is 11.5 Å². The van der Waals surface area contributed by atoms with Gasteiger partial charge in [-0.2, -0.15) is 0 Å². The molecule has 2 amide bonds. The predicted octanol–water partition coefficient (Wildman–Crippen LogP) is 3.05. The molecule has 2 aliphatic heterocycles. The molecule has 146 valence electrons. The molecule has 0 spiro atoms. The normalized spacial score (nSPS) is 19.7. The predicted molar refractivity (Wildman–Crippen MR) is 106 cm³/mol. The molecule has 7 heteroatoms. The molecule has 1 fully saturated rings. The van der Waals surface area contributed by atoms with Crippen LogP contribution in [-0.2, 0) is 22.6 Å². The molecule has 0 aliphatic carbocycles. The molecular weight excluding hydrogens is 380 g/mol. The van der Waals surface area contributed by atoms with Gasteiger partial charge in [0.05, 0.1) is 32.4 Å². The molecule has 2 aliphatic rings. The lowest BCUT2D eigenvalue weighted by Gasteiger charge is -2.32. The number of hydrogen-bond acceptors (Lipinski definition) is 5. The van der Waals surface area contributed by atoms with Crippen molar-refractivity contribution in [3.63, 3.8) is 0 Å². The maximum atomic E-state index is 13.0. The Hall–Kier alpha value is -2.57. The number of carbonyl (C=O) groups excluding carboxylic acids is 2. The van der Waals surface area contributed by atoms with Crippen LogP contribution in [0.25, 0.3) is 0 Å². The number of carbonyl (C=O) groups is 2. The minimum atomic E-state index is -0.454. The van der Waals surface area contributed by atoms with E-state index < -0.39 is 6.04 Å². The molecule has 0 saturated carbocycles. The monoisotopic (exact) mass is 400 g/mol. The first-order valence-electron chi connectivity index (χ1n) is 9.12. The second-order valence-electron chi connectivity index (χ2n) is 6.96. The number of amides is 2. The lowest BCUT2D eigenvalue weighted by Crippen LogP contribution is -2.44. The molecule has 2 aromatic rings. The number of nitrogens with zero attached hydrogens (tertiary/aromatic N) is 2. The molecule has 2 aromatic carbocycles. The van der Waals surface area contributed by atoms with Gasteiger partial charge in [-0.05, 0) is 53.9 Å². The fourth-order valence-corrected chi connectivity index (χ4v) is 4.06. The Morgan fingerprint density at radius 1 is 1.00 bits per heavy atom. The van der Waals surface area contributed by atoms with Crippen molar-refractivity contribution in [1.29, 1.82) is 0 Å². The van der Waals surface area contributed by atoms with Gasteiger partial charge in [-0.25, -0.2) is 4.90 Å². The van der Waals surface area contributed by atoms with Gasteiger partial charge in [0.15, 0.2) is 11.5 Å². The first-order chi connectivity index (χ1) is 13.5.